The summed E-state index contributed by atoms with van der Waals surface area (Å²) in [6.07, 6.45) is 6.38. The highest BCUT2D eigenvalue weighted by molar-refractivity contribution is 5.93. The summed E-state index contributed by atoms with van der Waals surface area (Å²) in [6.45, 7) is 6.58. The number of rotatable bonds is 5. The molecular weight excluding hydrogens is 346 g/mol. The van der Waals surface area contributed by atoms with Gasteiger partial charge in [-0.25, -0.2) is 9.78 Å². The van der Waals surface area contributed by atoms with Gasteiger partial charge in [-0.1, -0.05) is 0 Å². The summed E-state index contributed by atoms with van der Waals surface area (Å²) >= 11 is 0. The second kappa shape index (κ2) is 7.15. The molecule has 2 saturated heterocycles. The fourth-order valence-corrected chi connectivity index (χ4v) is 3.72. The van der Waals surface area contributed by atoms with E-state index in [0.717, 1.165) is 44.0 Å². The van der Waals surface area contributed by atoms with Crippen molar-refractivity contribution >= 4 is 11.7 Å². The second-order valence-electron chi connectivity index (χ2n) is 7.34. The summed E-state index contributed by atoms with van der Waals surface area (Å²) in [5.74, 6) is 0. The largest absolute Gasteiger partial charge is 0.326 e. The first-order chi connectivity index (χ1) is 13.0. The summed E-state index contributed by atoms with van der Waals surface area (Å²) in [7, 11) is 1.82. The van der Waals surface area contributed by atoms with Gasteiger partial charge in [-0.2, -0.15) is 5.10 Å². The van der Waals surface area contributed by atoms with Gasteiger partial charge in [0.15, 0.2) is 0 Å². The molecule has 0 spiro atoms. The molecule has 9 nitrogen and oxygen atoms in total. The summed E-state index contributed by atoms with van der Waals surface area (Å²) in [5.41, 5.74) is 1.60. The predicted molar refractivity (Wildman–Crippen MR) is 101 cm³/mol. The number of nitrogens with zero attached hydrogens (tertiary/aromatic N) is 7. The van der Waals surface area contributed by atoms with E-state index in [4.69, 9.17) is 0 Å². The number of carbonyl (C=O) groups excluding carboxylic acids is 1. The van der Waals surface area contributed by atoms with E-state index in [-0.39, 0.29) is 11.6 Å². The monoisotopic (exact) mass is 371 g/mol. The van der Waals surface area contributed by atoms with Crippen LogP contribution in [0.25, 0.3) is 0 Å². The number of hydrogen-bond donors (Lipinski definition) is 0. The van der Waals surface area contributed by atoms with Crippen molar-refractivity contribution in [3.8, 4) is 0 Å². The van der Waals surface area contributed by atoms with Crippen LogP contribution in [0.4, 0.5) is 10.5 Å². The third kappa shape index (κ3) is 3.59. The lowest BCUT2D eigenvalue weighted by atomic mass is 10.3. The fraction of sp³-hybridized carbons (Fsp3) is 0.556. The number of urea groups is 1. The molecular formula is C18H25N7O2. The molecule has 0 radical (unpaired) electrons. The number of aromatic nitrogens is 4. The van der Waals surface area contributed by atoms with Crippen molar-refractivity contribution in [3.05, 3.63) is 40.8 Å². The Bertz CT molecular complexity index is 890. The van der Waals surface area contributed by atoms with Gasteiger partial charge in [0.1, 0.15) is 0 Å². The average molecular weight is 371 g/mol. The molecule has 0 saturated carbocycles. The molecule has 2 aromatic rings. The zero-order chi connectivity index (χ0) is 19.0. The van der Waals surface area contributed by atoms with Crippen LogP contribution in [-0.4, -0.2) is 74.9 Å². The molecule has 2 fully saturated rings. The zero-order valence-electron chi connectivity index (χ0n) is 15.8. The molecule has 0 aromatic carbocycles. The second-order valence-corrected chi connectivity index (χ2v) is 7.34. The van der Waals surface area contributed by atoms with Crippen LogP contribution in [0, 0.1) is 6.92 Å². The minimum absolute atomic E-state index is 0.00443. The molecule has 0 aliphatic carbocycles. The van der Waals surface area contributed by atoms with Crippen LogP contribution in [0.1, 0.15) is 18.2 Å². The fourth-order valence-electron chi connectivity index (χ4n) is 3.72. The van der Waals surface area contributed by atoms with E-state index in [1.807, 2.05) is 24.9 Å². The van der Waals surface area contributed by atoms with Gasteiger partial charge >= 0.3 is 6.03 Å². The van der Waals surface area contributed by atoms with E-state index in [0.29, 0.717) is 19.1 Å². The van der Waals surface area contributed by atoms with Crippen molar-refractivity contribution in [1.82, 2.24) is 29.1 Å². The van der Waals surface area contributed by atoms with Gasteiger partial charge in [0.2, 0.25) is 0 Å². The third-order valence-electron chi connectivity index (χ3n) is 5.41. The Morgan fingerprint density at radius 3 is 2.78 bits per heavy atom. The molecule has 0 N–H and O–H groups in total. The van der Waals surface area contributed by atoms with Crippen molar-refractivity contribution in [2.45, 2.75) is 25.9 Å². The van der Waals surface area contributed by atoms with E-state index in [1.54, 1.807) is 33.0 Å². The third-order valence-corrected chi connectivity index (χ3v) is 5.41. The molecule has 144 valence electrons. The highest BCUT2D eigenvalue weighted by Gasteiger charge is 2.29. The molecule has 2 amide bonds. The number of amides is 2. The number of anilines is 1. The molecule has 4 heterocycles. The molecule has 27 heavy (non-hydrogen) atoms. The van der Waals surface area contributed by atoms with E-state index >= 15 is 0 Å². The van der Waals surface area contributed by atoms with Crippen LogP contribution in [0.2, 0.25) is 0 Å². The van der Waals surface area contributed by atoms with Gasteiger partial charge in [0, 0.05) is 64.3 Å². The summed E-state index contributed by atoms with van der Waals surface area (Å²) in [5, 5.41) is 4.49. The number of likely N-dealkylation sites (N-methyl/N-ethyl adjacent to an activating group) is 1. The quantitative estimate of drug-likeness (QED) is 0.768. The Kier molecular flexibility index (Phi) is 4.69. The Morgan fingerprint density at radius 2 is 2.04 bits per heavy atom. The van der Waals surface area contributed by atoms with Crippen LogP contribution in [0.15, 0.2) is 29.6 Å². The first-order valence-corrected chi connectivity index (χ1v) is 9.33. The topological polar surface area (TPSA) is 79.5 Å². The average Bonchev–Trinajstić information content (AvgIpc) is 3.35. The van der Waals surface area contributed by atoms with Crippen LogP contribution in [0.3, 0.4) is 0 Å². The molecule has 1 atom stereocenters. The van der Waals surface area contributed by atoms with Crippen molar-refractivity contribution in [2.24, 2.45) is 0 Å². The highest BCUT2D eigenvalue weighted by Crippen LogP contribution is 2.25. The first kappa shape index (κ1) is 17.7. The lowest BCUT2D eigenvalue weighted by Gasteiger charge is -2.17. The Labute approximate surface area is 157 Å². The smallest absolute Gasteiger partial charge is 0.324 e. The molecule has 0 bridgehead atoms. The Morgan fingerprint density at radius 1 is 1.19 bits per heavy atom. The maximum atomic E-state index is 12.1. The van der Waals surface area contributed by atoms with Gasteiger partial charge in [0.05, 0.1) is 24.3 Å². The van der Waals surface area contributed by atoms with Gasteiger partial charge in [-0.3, -0.25) is 23.8 Å². The minimum Gasteiger partial charge on any atom is -0.326 e. The Hall–Kier alpha value is -2.68. The molecule has 1 unspecified atom stereocenters. The van der Waals surface area contributed by atoms with E-state index < -0.39 is 0 Å². The minimum atomic E-state index is -0.00443. The number of hydrogen-bond acceptors (Lipinski definition) is 5. The summed E-state index contributed by atoms with van der Waals surface area (Å²) < 4.78 is 3.63. The van der Waals surface area contributed by atoms with Gasteiger partial charge < -0.3 is 4.90 Å². The van der Waals surface area contributed by atoms with Gasteiger partial charge in [-0.05, 0) is 13.3 Å². The lowest BCUT2D eigenvalue weighted by Crippen LogP contribution is -2.30. The van der Waals surface area contributed by atoms with Crippen molar-refractivity contribution in [2.75, 3.05) is 44.7 Å². The first-order valence-electron chi connectivity index (χ1n) is 9.33. The summed E-state index contributed by atoms with van der Waals surface area (Å²) in [6, 6.07) is 1.89. The number of likely N-dealkylation sites (tertiary alicyclic amines) is 1. The maximum absolute atomic E-state index is 12.1. The highest BCUT2D eigenvalue weighted by atomic mass is 16.2. The lowest BCUT2D eigenvalue weighted by molar-refractivity contribution is 0.229. The predicted octanol–water partition coefficient (Wildman–Crippen LogP) is 0.567. The number of carbonyl (C=O) groups is 1. The van der Waals surface area contributed by atoms with Crippen LogP contribution in [0.5, 0.6) is 0 Å². The zero-order valence-corrected chi connectivity index (χ0v) is 15.8. The molecule has 2 aromatic heterocycles. The molecule has 2 aliphatic heterocycles. The normalized spacial score (nSPS) is 20.8. The van der Waals surface area contributed by atoms with E-state index in [2.05, 4.69) is 15.0 Å². The summed E-state index contributed by atoms with van der Waals surface area (Å²) in [4.78, 5) is 34.1. The molecule has 2 aliphatic rings. The number of aryl methyl sites for hydroxylation is 1. The van der Waals surface area contributed by atoms with Gasteiger partial charge in [0.25, 0.3) is 5.56 Å². The Balaban J connectivity index is 1.34. The van der Waals surface area contributed by atoms with Crippen LogP contribution < -0.4 is 10.5 Å². The van der Waals surface area contributed by atoms with Crippen molar-refractivity contribution in [3.63, 3.8) is 0 Å². The van der Waals surface area contributed by atoms with Crippen molar-refractivity contribution in [1.29, 1.82) is 0 Å². The van der Waals surface area contributed by atoms with Crippen LogP contribution in [-0.2, 0) is 6.54 Å². The molecule has 4 rings (SSSR count). The van der Waals surface area contributed by atoms with E-state index in [9.17, 15) is 9.59 Å². The molecule has 9 heteroatoms. The van der Waals surface area contributed by atoms with E-state index in [1.165, 1.54) is 0 Å². The SMILES string of the molecule is Cc1cc(=O)n(CCN2CCC(n3cc(N4CCN(C)C4=O)cn3)C2)cn1. The maximum Gasteiger partial charge on any atom is 0.324 e. The van der Waals surface area contributed by atoms with Crippen LogP contribution >= 0.6 is 0 Å². The van der Waals surface area contributed by atoms with Crippen molar-refractivity contribution < 1.29 is 4.79 Å². The van der Waals surface area contributed by atoms with Gasteiger partial charge in [-0.15, -0.1) is 0 Å². The standard InChI is InChI=1S/C18H25N7O2/c1-14-9-17(26)23(13-19-14)7-6-22-4-3-15(11-22)25-12-16(10-20-25)24-8-5-21(2)18(24)27/h9-10,12-13,15H,3-8,11H2,1-2H3.